The summed E-state index contributed by atoms with van der Waals surface area (Å²) in [5.41, 5.74) is 12.1. The van der Waals surface area contributed by atoms with Crippen molar-refractivity contribution in [1.82, 2.24) is 5.01 Å². The standard InChI is InChI=1S/C27H29N3O3/c1-6-23-24-20(22(28)16-18(3)4)14-11-15-21(24)26(33-17-19-12-9-8-10-13-19)25(27(31)32-5)30(23)29-7-2/h6-16H,3,17,28H2,1-2,4-5H3/b22-16-,23-6+,29-7-. The molecule has 0 saturated heterocycles. The molecule has 0 atom stereocenters. The molecule has 33 heavy (non-hydrogen) atoms. The minimum atomic E-state index is -0.551. The normalized spacial score (nSPS) is 15.1. The Morgan fingerprint density at radius 2 is 1.88 bits per heavy atom. The Bertz CT molecular complexity index is 1170. The number of hydrogen-bond donors (Lipinski definition) is 1. The third-order valence-electron chi connectivity index (χ3n) is 5.04. The van der Waals surface area contributed by atoms with E-state index < -0.39 is 5.97 Å². The first-order chi connectivity index (χ1) is 15.9. The highest BCUT2D eigenvalue weighted by molar-refractivity contribution is 6.02. The highest BCUT2D eigenvalue weighted by atomic mass is 16.5. The number of carbonyl (C=O) groups is 1. The monoisotopic (exact) mass is 443 g/mol. The molecule has 2 aromatic rings. The SMILES string of the molecule is C=C(C)/C=C(\N)c1cccc2c1/C(=C\C)N(/N=C\C)C(C(=O)OC)=C2OCc1ccccc1. The molecule has 0 aromatic heterocycles. The van der Waals surface area contributed by atoms with Crippen LogP contribution in [0.1, 0.15) is 43.0 Å². The van der Waals surface area contributed by atoms with E-state index in [9.17, 15) is 4.79 Å². The molecule has 0 amide bonds. The molecule has 0 fully saturated rings. The summed E-state index contributed by atoms with van der Waals surface area (Å²) in [6.45, 7) is 9.76. The van der Waals surface area contributed by atoms with E-state index in [1.807, 2.05) is 74.5 Å². The highest BCUT2D eigenvalue weighted by Gasteiger charge is 2.36. The van der Waals surface area contributed by atoms with Gasteiger partial charge in [-0.2, -0.15) is 5.10 Å². The van der Waals surface area contributed by atoms with Crippen LogP contribution in [0.15, 0.2) is 83.6 Å². The zero-order valence-corrected chi connectivity index (χ0v) is 19.5. The summed E-state index contributed by atoms with van der Waals surface area (Å²) in [7, 11) is 1.34. The van der Waals surface area contributed by atoms with Crippen molar-refractivity contribution in [3.63, 3.8) is 0 Å². The van der Waals surface area contributed by atoms with Crippen LogP contribution in [0.3, 0.4) is 0 Å². The lowest BCUT2D eigenvalue weighted by Crippen LogP contribution is -2.30. The van der Waals surface area contributed by atoms with Gasteiger partial charge in [0.15, 0.2) is 11.5 Å². The van der Waals surface area contributed by atoms with E-state index in [0.717, 1.165) is 27.8 Å². The van der Waals surface area contributed by atoms with Crippen LogP contribution < -0.4 is 5.73 Å². The zero-order valence-electron chi connectivity index (χ0n) is 19.5. The number of hydrazone groups is 1. The number of nitrogens with two attached hydrogens (primary N) is 1. The van der Waals surface area contributed by atoms with Gasteiger partial charge in [-0.1, -0.05) is 66.8 Å². The fourth-order valence-electron chi connectivity index (χ4n) is 3.71. The van der Waals surface area contributed by atoms with E-state index in [2.05, 4.69) is 11.7 Å². The lowest BCUT2D eigenvalue weighted by Gasteiger charge is -2.33. The van der Waals surface area contributed by atoms with Crippen LogP contribution in [0.4, 0.5) is 0 Å². The van der Waals surface area contributed by atoms with Gasteiger partial charge in [-0.05, 0) is 32.4 Å². The summed E-state index contributed by atoms with van der Waals surface area (Å²) in [5, 5.41) is 6.02. The number of benzene rings is 2. The molecule has 1 aliphatic heterocycles. The van der Waals surface area contributed by atoms with Crippen LogP contribution in [0.2, 0.25) is 0 Å². The van der Waals surface area contributed by atoms with Gasteiger partial charge in [-0.25, -0.2) is 9.80 Å². The Morgan fingerprint density at radius 3 is 2.48 bits per heavy atom. The Morgan fingerprint density at radius 1 is 1.15 bits per heavy atom. The summed E-state index contributed by atoms with van der Waals surface area (Å²) in [4.78, 5) is 13.0. The third kappa shape index (κ3) is 4.90. The Hall–Kier alpha value is -4.06. The molecule has 1 heterocycles. The van der Waals surface area contributed by atoms with Crippen molar-refractivity contribution in [1.29, 1.82) is 0 Å². The van der Waals surface area contributed by atoms with E-state index in [1.54, 1.807) is 18.1 Å². The summed E-state index contributed by atoms with van der Waals surface area (Å²) >= 11 is 0. The van der Waals surface area contributed by atoms with Crippen LogP contribution in [0.25, 0.3) is 17.2 Å². The molecule has 6 nitrogen and oxygen atoms in total. The predicted molar refractivity (Wildman–Crippen MR) is 133 cm³/mol. The smallest absolute Gasteiger partial charge is 0.360 e. The largest absolute Gasteiger partial charge is 0.486 e. The van der Waals surface area contributed by atoms with Crippen LogP contribution in [0.5, 0.6) is 0 Å². The maximum atomic E-state index is 13.0. The Labute approximate surface area is 195 Å². The lowest BCUT2D eigenvalue weighted by atomic mass is 9.90. The molecule has 0 saturated carbocycles. The lowest BCUT2D eigenvalue weighted by molar-refractivity contribution is -0.137. The van der Waals surface area contributed by atoms with Crippen LogP contribution in [0, 0.1) is 0 Å². The average Bonchev–Trinajstić information content (AvgIpc) is 2.81. The van der Waals surface area contributed by atoms with Crippen molar-refractivity contribution >= 4 is 29.3 Å². The molecular formula is C27H29N3O3. The molecule has 3 rings (SSSR count). The van der Waals surface area contributed by atoms with Gasteiger partial charge in [0.2, 0.25) is 0 Å². The van der Waals surface area contributed by atoms with Gasteiger partial charge in [0, 0.05) is 28.6 Å². The molecule has 6 heteroatoms. The van der Waals surface area contributed by atoms with E-state index in [0.29, 0.717) is 17.2 Å². The molecule has 2 aromatic carbocycles. The van der Waals surface area contributed by atoms with Gasteiger partial charge in [-0.15, -0.1) is 0 Å². The van der Waals surface area contributed by atoms with Gasteiger partial charge in [0.05, 0.1) is 12.8 Å². The van der Waals surface area contributed by atoms with E-state index in [1.165, 1.54) is 7.11 Å². The van der Waals surface area contributed by atoms with Crippen molar-refractivity contribution < 1.29 is 14.3 Å². The summed E-state index contributed by atoms with van der Waals surface area (Å²) in [5.74, 6) is -0.175. The number of methoxy groups -OCH3 is 1. The first-order valence-electron chi connectivity index (χ1n) is 10.6. The molecule has 0 radical (unpaired) electrons. The summed E-state index contributed by atoms with van der Waals surface area (Å²) in [6, 6.07) is 15.5. The fraction of sp³-hybridized carbons (Fsp3) is 0.185. The Kier molecular flexibility index (Phi) is 7.51. The topological polar surface area (TPSA) is 77.2 Å². The number of carbonyl (C=O) groups excluding carboxylic acids is 1. The maximum absolute atomic E-state index is 13.0. The van der Waals surface area contributed by atoms with Crippen molar-refractivity contribution in [3.05, 3.63) is 101 Å². The Balaban J connectivity index is 2.31. The van der Waals surface area contributed by atoms with Gasteiger partial charge >= 0.3 is 5.97 Å². The third-order valence-corrected chi connectivity index (χ3v) is 5.04. The molecule has 2 N–H and O–H groups in total. The second-order valence-corrected chi connectivity index (χ2v) is 7.48. The first-order valence-corrected chi connectivity index (χ1v) is 10.6. The first kappa shape index (κ1) is 23.6. The molecular weight excluding hydrogens is 414 g/mol. The molecule has 0 aliphatic carbocycles. The van der Waals surface area contributed by atoms with Crippen molar-refractivity contribution in [2.75, 3.05) is 7.11 Å². The second-order valence-electron chi connectivity index (χ2n) is 7.48. The van der Waals surface area contributed by atoms with Crippen LogP contribution in [-0.2, 0) is 20.9 Å². The minimum Gasteiger partial charge on any atom is -0.486 e. The molecule has 170 valence electrons. The predicted octanol–water partition coefficient (Wildman–Crippen LogP) is 5.30. The van der Waals surface area contributed by atoms with Gasteiger partial charge in [-0.3, -0.25) is 0 Å². The van der Waals surface area contributed by atoms with E-state index in [-0.39, 0.29) is 12.3 Å². The van der Waals surface area contributed by atoms with Crippen molar-refractivity contribution in [2.24, 2.45) is 10.8 Å². The quantitative estimate of drug-likeness (QED) is 0.357. The average molecular weight is 444 g/mol. The van der Waals surface area contributed by atoms with Crippen LogP contribution in [-0.4, -0.2) is 24.3 Å². The van der Waals surface area contributed by atoms with Crippen molar-refractivity contribution in [3.8, 4) is 0 Å². The number of fused-ring (bicyclic) bond motifs is 1. The van der Waals surface area contributed by atoms with Gasteiger partial charge < -0.3 is 15.2 Å². The number of hydrogen-bond acceptors (Lipinski definition) is 6. The van der Waals surface area contributed by atoms with E-state index >= 15 is 0 Å². The summed E-state index contributed by atoms with van der Waals surface area (Å²) in [6.07, 6.45) is 5.32. The molecule has 1 aliphatic rings. The van der Waals surface area contributed by atoms with E-state index in [4.69, 9.17) is 15.2 Å². The number of nitrogens with zero attached hydrogens (tertiary/aromatic N) is 2. The molecule has 0 bridgehead atoms. The number of rotatable bonds is 7. The molecule has 0 spiro atoms. The zero-order chi connectivity index (χ0) is 24.0. The van der Waals surface area contributed by atoms with Gasteiger partial charge in [0.25, 0.3) is 0 Å². The van der Waals surface area contributed by atoms with Crippen LogP contribution >= 0.6 is 0 Å². The highest BCUT2D eigenvalue weighted by Crippen LogP contribution is 2.43. The second kappa shape index (κ2) is 10.5. The van der Waals surface area contributed by atoms with Gasteiger partial charge in [0.1, 0.15) is 6.61 Å². The summed E-state index contributed by atoms with van der Waals surface area (Å²) < 4.78 is 11.4. The number of ether oxygens (including phenoxy) is 2. The minimum absolute atomic E-state index is 0.201. The number of esters is 1. The fourth-order valence-corrected chi connectivity index (χ4v) is 3.71. The number of allylic oxidation sites excluding steroid dienone is 3. The van der Waals surface area contributed by atoms with Crippen molar-refractivity contribution in [2.45, 2.75) is 27.4 Å². The molecule has 0 unspecified atom stereocenters. The maximum Gasteiger partial charge on any atom is 0.360 e.